The zero-order valence-electron chi connectivity index (χ0n) is 19.1. The van der Waals surface area contributed by atoms with Crippen LogP contribution in [0.15, 0.2) is 72.8 Å². The van der Waals surface area contributed by atoms with E-state index in [0.717, 1.165) is 17.5 Å². The van der Waals surface area contributed by atoms with Gasteiger partial charge in [0.1, 0.15) is 11.6 Å². The van der Waals surface area contributed by atoms with E-state index in [1.807, 2.05) is 41.3 Å². The molecule has 5 nitrogen and oxygen atoms in total. The van der Waals surface area contributed by atoms with Crippen molar-refractivity contribution in [3.63, 3.8) is 0 Å². The molecule has 2 atom stereocenters. The van der Waals surface area contributed by atoms with Gasteiger partial charge in [-0.25, -0.2) is 4.39 Å². The van der Waals surface area contributed by atoms with Crippen molar-refractivity contribution in [2.45, 2.75) is 18.9 Å². The molecular weight excluding hydrogens is 431 g/mol. The van der Waals surface area contributed by atoms with E-state index < -0.39 is 17.6 Å². The van der Waals surface area contributed by atoms with Gasteiger partial charge in [0.25, 0.3) is 5.91 Å². The minimum Gasteiger partial charge on any atom is -0.496 e. The first-order valence-electron chi connectivity index (χ1n) is 11.6. The Morgan fingerprint density at radius 3 is 2.38 bits per heavy atom. The van der Waals surface area contributed by atoms with Crippen molar-refractivity contribution < 1.29 is 18.7 Å². The molecule has 3 aromatic rings. The molecule has 1 saturated heterocycles. The largest absolute Gasteiger partial charge is 0.496 e. The lowest BCUT2D eigenvalue weighted by molar-refractivity contribution is -0.136. The molecule has 0 aromatic heterocycles. The van der Waals surface area contributed by atoms with Gasteiger partial charge in [0.2, 0.25) is 5.91 Å². The molecule has 174 valence electrons. The van der Waals surface area contributed by atoms with Crippen LogP contribution in [-0.2, 0) is 17.8 Å². The normalized spacial score (nSPS) is 19.6. The third-order valence-electron chi connectivity index (χ3n) is 7.01. The fourth-order valence-corrected chi connectivity index (χ4v) is 5.23. The SMILES string of the molecule is COc1ccccc1C1CN(C(=O)c2ccccc2F)CC1C(=O)N1CCc2ccccc2C1. The first-order chi connectivity index (χ1) is 16.6. The second-order valence-electron chi connectivity index (χ2n) is 8.92. The summed E-state index contributed by atoms with van der Waals surface area (Å²) in [5.74, 6) is -0.904. The average molecular weight is 459 g/mol. The molecule has 2 aliphatic rings. The number of para-hydroxylation sites is 1. The summed E-state index contributed by atoms with van der Waals surface area (Å²) in [4.78, 5) is 30.6. The average Bonchev–Trinajstić information content (AvgIpc) is 3.33. The first kappa shape index (κ1) is 22.1. The number of hydrogen-bond donors (Lipinski definition) is 0. The Labute approximate surface area is 198 Å². The highest BCUT2D eigenvalue weighted by atomic mass is 19.1. The van der Waals surface area contributed by atoms with Crippen LogP contribution in [0.25, 0.3) is 0 Å². The summed E-state index contributed by atoms with van der Waals surface area (Å²) in [6, 6.07) is 21.8. The van der Waals surface area contributed by atoms with Crippen molar-refractivity contribution in [2.24, 2.45) is 5.92 Å². The quantitative estimate of drug-likeness (QED) is 0.587. The van der Waals surface area contributed by atoms with Crippen molar-refractivity contribution in [3.8, 4) is 5.75 Å². The predicted octanol–water partition coefficient (Wildman–Crippen LogP) is 4.28. The fourth-order valence-electron chi connectivity index (χ4n) is 5.23. The summed E-state index contributed by atoms with van der Waals surface area (Å²) >= 11 is 0. The summed E-state index contributed by atoms with van der Waals surface area (Å²) in [6.45, 7) is 1.78. The Bertz CT molecular complexity index is 1230. The van der Waals surface area contributed by atoms with Gasteiger partial charge in [-0.2, -0.15) is 0 Å². The van der Waals surface area contributed by atoms with E-state index in [9.17, 15) is 14.0 Å². The van der Waals surface area contributed by atoms with Gasteiger partial charge >= 0.3 is 0 Å². The molecule has 5 rings (SSSR count). The lowest BCUT2D eigenvalue weighted by atomic mass is 9.86. The predicted molar refractivity (Wildman–Crippen MR) is 127 cm³/mol. The fraction of sp³-hybridized carbons (Fsp3) is 0.286. The van der Waals surface area contributed by atoms with Crippen LogP contribution in [-0.4, -0.2) is 48.4 Å². The Hall–Kier alpha value is -3.67. The number of halogens is 1. The molecule has 34 heavy (non-hydrogen) atoms. The molecule has 0 bridgehead atoms. The third kappa shape index (κ3) is 4.04. The second-order valence-corrected chi connectivity index (χ2v) is 8.92. The van der Waals surface area contributed by atoms with E-state index in [1.54, 1.807) is 24.1 Å². The van der Waals surface area contributed by atoms with Crippen LogP contribution in [0.1, 0.15) is 33.0 Å². The van der Waals surface area contributed by atoms with E-state index in [-0.39, 0.29) is 23.9 Å². The van der Waals surface area contributed by atoms with Gasteiger partial charge in [-0.1, -0.05) is 54.6 Å². The van der Waals surface area contributed by atoms with Gasteiger partial charge in [-0.15, -0.1) is 0 Å². The number of methoxy groups -OCH3 is 1. The van der Waals surface area contributed by atoms with E-state index in [1.165, 1.54) is 17.7 Å². The van der Waals surface area contributed by atoms with E-state index >= 15 is 0 Å². The van der Waals surface area contributed by atoms with Crippen molar-refractivity contribution in [1.29, 1.82) is 0 Å². The zero-order chi connectivity index (χ0) is 23.7. The van der Waals surface area contributed by atoms with Gasteiger partial charge in [0.05, 0.1) is 18.6 Å². The van der Waals surface area contributed by atoms with E-state index in [4.69, 9.17) is 4.74 Å². The minimum atomic E-state index is -0.552. The molecule has 0 aliphatic carbocycles. The smallest absolute Gasteiger partial charge is 0.256 e. The summed E-state index contributed by atoms with van der Waals surface area (Å²) in [7, 11) is 1.61. The van der Waals surface area contributed by atoms with Gasteiger partial charge in [0, 0.05) is 32.1 Å². The van der Waals surface area contributed by atoms with Crippen LogP contribution >= 0.6 is 0 Å². The topological polar surface area (TPSA) is 49.9 Å². The van der Waals surface area contributed by atoms with Crippen molar-refractivity contribution in [1.82, 2.24) is 9.80 Å². The molecule has 2 aliphatic heterocycles. The summed E-state index contributed by atoms with van der Waals surface area (Å²) in [5, 5.41) is 0. The number of nitrogens with zero attached hydrogens (tertiary/aromatic N) is 2. The molecule has 2 heterocycles. The highest BCUT2D eigenvalue weighted by molar-refractivity contribution is 5.95. The molecule has 0 spiro atoms. The number of carbonyl (C=O) groups excluding carboxylic acids is 2. The third-order valence-corrected chi connectivity index (χ3v) is 7.01. The van der Waals surface area contributed by atoms with Crippen LogP contribution in [0.5, 0.6) is 5.75 Å². The summed E-state index contributed by atoms with van der Waals surface area (Å²) < 4.78 is 20.0. The monoisotopic (exact) mass is 458 g/mol. The van der Waals surface area contributed by atoms with Crippen LogP contribution in [0.3, 0.4) is 0 Å². The Morgan fingerprint density at radius 1 is 0.882 bits per heavy atom. The van der Waals surface area contributed by atoms with Crippen molar-refractivity contribution in [2.75, 3.05) is 26.7 Å². The number of amides is 2. The maximum absolute atomic E-state index is 14.4. The van der Waals surface area contributed by atoms with Crippen molar-refractivity contribution >= 4 is 11.8 Å². The van der Waals surface area contributed by atoms with Crippen LogP contribution < -0.4 is 4.74 Å². The number of fused-ring (bicyclic) bond motifs is 1. The van der Waals surface area contributed by atoms with E-state index in [0.29, 0.717) is 25.4 Å². The van der Waals surface area contributed by atoms with Gasteiger partial charge in [-0.3, -0.25) is 9.59 Å². The Morgan fingerprint density at radius 2 is 1.59 bits per heavy atom. The molecule has 0 saturated carbocycles. The molecule has 0 N–H and O–H groups in total. The molecule has 3 aromatic carbocycles. The summed E-state index contributed by atoms with van der Waals surface area (Å²) in [5.41, 5.74) is 3.36. The van der Waals surface area contributed by atoms with Gasteiger partial charge in [-0.05, 0) is 41.3 Å². The molecule has 2 unspecified atom stereocenters. The van der Waals surface area contributed by atoms with Gasteiger partial charge < -0.3 is 14.5 Å². The Balaban J connectivity index is 1.46. The maximum atomic E-state index is 14.4. The molecule has 6 heteroatoms. The van der Waals surface area contributed by atoms with Crippen LogP contribution in [0, 0.1) is 11.7 Å². The molecule has 0 radical (unpaired) electrons. The van der Waals surface area contributed by atoms with Crippen molar-refractivity contribution in [3.05, 3.63) is 101 Å². The number of rotatable bonds is 4. The number of likely N-dealkylation sites (tertiary alicyclic amines) is 1. The lowest BCUT2D eigenvalue weighted by Gasteiger charge is -2.32. The Kier molecular flexibility index (Phi) is 6.05. The molecular formula is C28H27FN2O3. The standard InChI is InChI=1S/C28H27FN2O3/c1-34-26-13-7-5-10-21(26)23-17-31(27(32)22-11-4-6-12-25(22)29)18-24(23)28(33)30-15-14-19-8-2-3-9-20(19)16-30/h2-13,23-24H,14-18H2,1H3. The second kappa shape index (κ2) is 9.29. The van der Waals surface area contributed by atoms with Crippen LogP contribution in [0.4, 0.5) is 4.39 Å². The number of ether oxygens (including phenoxy) is 1. The number of carbonyl (C=O) groups is 2. The highest BCUT2D eigenvalue weighted by Crippen LogP contribution is 2.39. The minimum absolute atomic E-state index is 0.0224. The van der Waals surface area contributed by atoms with E-state index in [2.05, 4.69) is 12.1 Å². The zero-order valence-corrected chi connectivity index (χ0v) is 19.1. The number of hydrogen-bond acceptors (Lipinski definition) is 3. The maximum Gasteiger partial charge on any atom is 0.256 e. The van der Waals surface area contributed by atoms with Gasteiger partial charge in [0.15, 0.2) is 0 Å². The van der Waals surface area contributed by atoms with Crippen LogP contribution in [0.2, 0.25) is 0 Å². The number of benzene rings is 3. The molecule has 2 amide bonds. The first-order valence-corrected chi connectivity index (χ1v) is 11.6. The highest BCUT2D eigenvalue weighted by Gasteiger charge is 2.43. The summed E-state index contributed by atoms with van der Waals surface area (Å²) in [6.07, 6.45) is 0.811. The molecule has 1 fully saturated rings. The lowest BCUT2D eigenvalue weighted by Crippen LogP contribution is -2.42.